The molecule has 4 N–H and O–H groups in total. The number of nitrogens with one attached hydrogen (secondary N) is 2. The van der Waals surface area contributed by atoms with Crippen molar-refractivity contribution in [3.63, 3.8) is 0 Å². The molecular formula is C13H13BN4O2. The summed E-state index contributed by atoms with van der Waals surface area (Å²) >= 11 is 0. The maximum atomic E-state index is 9.04. The largest absolute Gasteiger partial charge is 0.488 e. The number of benzene rings is 1. The normalized spacial score (nSPS) is 10.7. The van der Waals surface area contributed by atoms with E-state index in [4.69, 9.17) is 10.0 Å². The van der Waals surface area contributed by atoms with Gasteiger partial charge in [-0.1, -0.05) is 24.3 Å². The number of nitrogens with zero attached hydrogens (tertiary/aromatic N) is 2. The van der Waals surface area contributed by atoms with Crippen LogP contribution < -0.4 is 10.8 Å². The quantitative estimate of drug-likeness (QED) is 0.509. The molecule has 1 aromatic carbocycles. The highest BCUT2D eigenvalue weighted by atomic mass is 16.4. The fourth-order valence-corrected chi connectivity index (χ4v) is 2.00. The first-order valence-corrected chi connectivity index (χ1v) is 6.21. The number of hydrogen-bond acceptors (Lipinski definition) is 5. The van der Waals surface area contributed by atoms with Gasteiger partial charge in [0, 0.05) is 12.7 Å². The first-order valence-electron chi connectivity index (χ1n) is 6.21. The summed E-state index contributed by atoms with van der Waals surface area (Å²) in [5.41, 5.74) is 3.23. The fraction of sp³-hybridized carbons (Fsp3) is 0.0769. The van der Waals surface area contributed by atoms with Gasteiger partial charge in [-0.15, -0.1) is 0 Å². The molecule has 0 saturated heterocycles. The summed E-state index contributed by atoms with van der Waals surface area (Å²) in [5, 5.41) is 21.3. The minimum absolute atomic E-state index is 0.475. The Morgan fingerprint density at radius 1 is 1.10 bits per heavy atom. The highest BCUT2D eigenvalue weighted by Gasteiger charge is 2.10. The molecule has 3 rings (SSSR count). The second-order valence-corrected chi connectivity index (χ2v) is 4.43. The van der Waals surface area contributed by atoms with E-state index in [1.165, 1.54) is 6.33 Å². The van der Waals surface area contributed by atoms with Crippen LogP contribution in [-0.4, -0.2) is 32.1 Å². The molecule has 6 nitrogen and oxygen atoms in total. The van der Waals surface area contributed by atoms with Crippen LogP contribution in [0.3, 0.4) is 0 Å². The molecule has 100 valence electrons. The number of aromatic amines is 1. The molecule has 0 atom stereocenters. The molecule has 0 fully saturated rings. The topological polar surface area (TPSA) is 94.1 Å². The van der Waals surface area contributed by atoms with Gasteiger partial charge in [-0.2, -0.15) is 0 Å². The summed E-state index contributed by atoms with van der Waals surface area (Å²) in [6.45, 7) is 0.590. The van der Waals surface area contributed by atoms with E-state index in [0.29, 0.717) is 12.0 Å². The van der Waals surface area contributed by atoms with Gasteiger partial charge >= 0.3 is 7.12 Å². The minimum atomic E-state index is -1.43. The molecule has 0 amide bonds. The highest BCUT2D eigenvalue weighted by Crippen LogP contribution is 2.17. The first kappa shape index (κ1) is 12.6. The lowest BCUT2D eigenvalue weighted by Gasteiger charge is -2.07. The predicted molar refractivity (Wildman–Crippen MR) is 77.5 cm³/mol. The van der Waals surface area contributed by atoms with E-state index in [2.05, 4.69) is 20.3 Å². The molecule has 2 aromatic heterocycles. The summed E-state index contributed by atoms with van der Waals surface area (Å²) in [6, 6.07) is 8.95. The highest BCUT2D eigenvalue weighted by molar-refractivity contribution is 6.58. The standard InChI is InChI=1S/C13H13BN4O2/c19-14(20)10-3-1-9(2-4-10)7-16-13-12-11(5-6-15-12)17-8-18-13/h1-6,8,15,19-20H,7H2,(H,16,17,18). The van der Waals surface area contributed by atoms with Crippen LogP contribution in [-0.2, 0) is 6.54 Å². The third kappa shape index (κ3) is 2.49. The number of aromatic nitrogens is 3. The molecule has 3 aromatic rings. The Hall–Kier alpha value is -2.38. The van der Waals surface area contributed by atoms with Crippen LogP contribution in [0.4, 0.5) is 5.82 Å². The van der Waals surface area contributed by atoms with Gasteiger partial charge in [-0.05, 0) is 17.1 Å². The monoisotopic (exact) mass is 268 g/mol. The van der Waals surface area contributed by atoms with Crippen LogP contribution in [0.5, 0.6) is 0 Å². The molecule has 0 aliphatic heterocycles. The maximum Gasteiger partial charge on any atom is 0.488 e. The lowest BCUT2D eigenvalue weighted by Crippen LogP contribution is -2.29. The molecule has 0 saturated carbocycles. The van der Waals surface area contributed by atoms with E-state index in [-0.39, 0.29) is 0 Å². The van der Waals surface area contributed by atoms with Gasteiger partial charge < -0.3 is 20.3 Å². The van der Waals surface area contributed by atoms with Crippen LogP contribution >= 0.6 is 0 Å². The second-order valence-electron chi connectivity index (χ2n) is 4.43. The molecule has 7 heteroatoms. The van der Waals surface area contributed by atoms with Crippen molar-refractivity contribution < 1.29 is 10.0 Å². The molecule has 20 heavy (non-hydrogen) atoms. The maximum absolute atomic E-state index is 9.04. The van der Waals surface area contributed by atoms with E-state index in [9.17, 15) is 0 Å². The second kappa shape index (κ2) is 5.32. The molecule has 0 aliphatic rings. The van der Waals surface area contributed by atoms with Crippen LogP contribution in [0, 0.1) is 0 Å². The van der Waals surface area contributed by atoms with Crippen molar-refractivity contribution >= 4 is 29.4 Å². The Labute approximate surface area is 115 Å². The number of hydrogen-bond donors (Lipinski definition) is 4. The van der Waals surface area contributed by atoms with Gasteiger partial charge in [0.1, 0.15) is 11.8 Å². The molecule has 0 aliphatic carbocycles. The van der Waals surface area contributed by atoms with Gasteiger partial charge in [0.25, 0.3) is 0 Å². The Kier molecular flexibility index (Phi) is 3.36. The van der Waals surface area contributed by atoms with Gasteiger partial charge in [0.05, 0.1) is 5.52 Å². The van der Waals surface area contributed by atoms with E-state index >= 15 is 0 Å². The number of H-pyrrole nitrogens is 1. The third-order valence-electron chi connectivity index (χ3n) is 3.08. The van der Waals surface area contributed by atoms with Crippen molar-refractivity contribution in [2.45, 2.75) is 6.54 Å². The van der Waals surface area contributed by atoms with Crippen molar-refractivity contribution in [2.24, 2.45) is 0 Å². The molecular weight excluding hydrogens is 255 g/mol. The summed E-state index contributed by atoms with van der Waals surface area (Å²) in [5.74, 6) is 0.742. The van der Waals surface area contributed by atoms with Crippen molar-refractivity contribution in [1.82, 2.24) is 15.0 Å². The average Bonchev–Trinajstić information content (AvgIpc) is 2.94. The van der Waals surface area contributed by atoms with Crippen LogP contribution in [0.1, 0.15) is 5.56 Å². The smallest absolute Gasteiger partial charge is 0.423 e. The minimum Gasteiger partial charge on any atom is -0.423 e. The molecule has 0 spiro atoms. The Bertz CT molecular complexity index is 712. The lowest BCUT2D eigenvalue weighted by molar-refractivity contribution is 0.426. The fourth-order valence-electron chi connectivity index (χ4n) is 2.00. The summed E-state index contributed by atoms with van der Waals surface area (Å²) in [7, 11) is -1.43. The first-order chi connectivity index (χ1) is 9.74. The van der Waals surface area contributed by atoms with Gasteiger partial charge in [-0.25, -0.2) is 9.97 Å². The van der Waals surface area contributed by atoms with E-state index in [0.717, 1.165) is 22.4 Å². The molecule has 0 bridgehead atoms. The third-order valence-corrected chi connectivity index (χ3v) is 3.08. The van der Waals surface area contributed by atoms with E-state index < -0.39 is 7.12 Å². The predicted octanol–water partition coefficient (Wildman–Crippen LogP) is 0.250. The molecule has 2 heterocycles. The Balaban J connectivity index is 1.74. The molecule has 0 unspecified atom stereocenters. The van der Waals surface area contributed by atoms with Crippen LogP contribution in [0.2, 0.25) is 0 Å². The van der Waals surface area contributed by atoms with Crippen molar-refractivity contribution in [2.75, 3.05) is 5.32 Å². The summed E-state index contributed by atoms with van der Waals surface area (Å²) in [4.78, 5) is 11.5. The lowest BCUT2D eigenvalue weighted by atomic mass is 9.80. The van der Waals surface area contributed by atoms with Crippen LogP contribution in [0.15, 0.2) is 42.9 Å². The number of fused-ring (bicyclic) bond motifs is 1. The molecule has 0 radical (unpaired) electrons. The summed E-state index contributed by atoms with van der Waals surface area (Å²) < 4.78 is 0. The van der Waals surface area contributed by atoms with E-state index in [1.54, 1.807) is 12.1 Å². The SMILES string of the molecule is OB(O)c1ccc(CNc2ncnc3cc[nH]c23)cc1. The van der Waals surface area contributed by atoms with Crippen molar-refractivity contribution in [1.29, 1.82) is 0 Å². The van der Waals surface area contributed by atoms with Gasteiger partial charge in [0.2, 0.25) is 0 Å². The van der Waals surface area contributed by atoms with Crippen LogP contribution in [0.25, 0.3) is 11.0 Å². The zero-order chi connectivity index (χ0) is 13.9. The number of rotatable bonds is 4. The number of anilines is 1. The zero-order valence-electron chi connectivity index (χ0n) is 10.6. The van der Waals surface area contributed by atoms with Gasteiger partial charge in [0.15, 0.2) is 5.82 Å². The Morgan fingerprint density at radius 3 is 2.65 bits per heavy atom. The zero-order valence-corrected chi connectivity index (χ0v) is 10.6. The van der Waals surface area contributed by atoms with Crippen molar-refractivity contribution in [3.05, 3.63) is 48.4 Å². The van der Waals surface area contributed by atoms with Crippen molar-refractivity contribution in [3.8, 4) is 0 Å². The van der Waals surface area contributed by atoms with E-state index in [1.807, 2.05) is 24.4 Å². The Morgan fingerprint density at radius 2 is 1.90 bits per heavy atom. The average molecular weight is 268 g/mol. The van der Waals surface area contributed by atoms with Gasteiger partial charge in [-0.3, -0.25) is 0 Å². The summed E-state index contributed by atoms with van der Waals surface area (Å²) in [6.07, 6.45) is 3.34.